The molecular weight excluding hydrogens is 102 g/mol. The first-order valence-corrected chi connectivity index (χ1v) is 3.10. The zero-order chi connectivity index (χ0) is 5.82. The van der Waals surface area contributed by atoms with Crippen LogP contribution in [0.15, 0.2) is 0 Å². The van der Waals surface area contributed by atoms with Crippen LogP contribution in [0, 0.1) is 0 Å². The maximum absolute atomic E-state index is 5.18. The van der Waals surface area contributed by atoms with Crippen molar-refractivity contribution in [1.29, 1.82) is 0 Å². The zero-order valence-corrected chi connectivity index (χ0v) is 5.26. The van der Waals surface area contributed by atoms with Gasteiger partial charge in [0, 0.05) is 13.2 Å². The van der Waals surface area contributed by atoms with Crippen LogP contribution >= 0.6 is 0 Å². The second-order valence-corrected chi connectivity index (χ2v) is 2.13. The van der Waals surface area contributed by atoms with E-state index in [0.717, 1.165) is 13.2 Å². The number of likely N-dealkylation sites (N-methyl/N-ethyl adjacent to an activating group) is 1. The summed E-state index contributed by atoms with van der Waals surface area (Å²) in [6.07, 6.45) is 2.40. The van der Waals surface area contributed by atoms with E-state index in [4.69, 9.17) is 4.74 Å². The minimum Gasteiger partial charge on any atom is -0.660 e. The summed E-state index contributed by atoms with van der Waals surface area (Å²) in [5, 5.41) is 4.12. The van der Waals surface area contributed by atoms with Gasteiger partial charge in [0.25, 0.3) is 0 Å². The fraction of sp³-hybridized carbons (Fsp3) is 1.00. The van der Waals surface area contributed by atoms with Crippen LogP contribution in [-0.2, 0) is 4.74 Å². The highest BCUT2D eigenvalue weighted by Gasteiger charge is 2.02. The topological polar surface area (TPSA) is 23.3 Å². The Morgan fingerprint density at radius 2 is 2.50 bits per heavy atom. The third-order valence-electron chi connectivity index (χ3n) is 1.50. The predicted molar refractivity (Wildman–Crippen MR) is 33.1 cm³/mol. The molecule has 0 aromatic carbocycles. The maximum Gasteiger partial charge on any atom is 0.0464 e. The Balaban J connectivity index is 2.13. The minimum absolute atomic E-state index is 0.490. The third-order valence-corrected chi connectivity index (χ3v) is 1.50. The molecule has 1 saturated heterocycles. The summed E-state index contributed by atoms with van der Waals surface area (Å²) in [5.41, 5.74) is 0. The average molecular weight is 114 g/mol. The molecule has 48 valence electrons. The molecule has 1 atom stereocenters. The van der Waals surface area contributed by atoms with Gasteiger partial charge in [-0.2, -0.15) is 7.05 Å². The van der Waals surface area contributed by atoms with Gasteiger partial charge in [0.2, 0.25) is 0 Å². The standard InChI is InChI=1S/C6H12NO/c1-7-6-3-2-4-8-5-6/h6H,2-5H2,1H3/q-1. The van der Waals surface area contributed by atoms with Gasteiger partial charge in [0.15, 0.2) is 0 Å². The van der Waals surface area contributed by atoms with Gasteiger partial charge in [-0.3, -0.25) is 0 Å². The van der Waals surface area contributed by atoms with Crippen LogP contribution in [0.5, 0.6) is 0 Å². The molecule has 0 saturated carbocycles. The SMILES string of the molecule is C[N-]C1CCCOC1. The van der Waals surface area contributed by atoms with Gasteiger partial charge in [-0.1, -0.05) is 6.42 Å². The summed E-state index contributed by atoms with van der Waals surface area (Å²) < 4.78 is 5.18. The van der Waals surface area contributed by atoms with Crippen molar-refractivity contribution in [1.82, 2.24) is 0 Å². The molecule has 0 spiro atoms. The Hall–Kier alpha value is -0.0800. The van der Waals surface area contributed by atoms with E-state index in [1.54, 1.807) is 0 Å². The van der Waals surface area contributed by atoms with E-state index >= 15 is 0 Å². The van der Waals surface area contributed by atoms with Crippen molar-refractivity contribution in [2.75, 3.05) is 20.3 Å². The highest BCUT2D eigenvalue weighted by Crippen LogP contribution is 2.11. The molecule has 0 N–H and O–H groups in total. The largest absolute Gasteiger partial charge is 0.660 e. The summed E-state index contributed by atoms with van der Waals surface area (Å²) in [7, 11) is 1.86. The zero-order valence-electron chi connectivity index (χ0n) is 5.26. The summed E-state index contributed by atoms with van der Waals surface area (Å²) in [6.45, 7) is 1.78. The molecule has 2 nitrogen and oxygen atoms in total. The summed E-state index contributed by atoms with van der Waals surface area (Å²) in [6, 6.07) is 0.490. The van der Waals surface area contributed by atoms with Crippen LogP contribution in [0.2, 0.25) is 0 Å². The highest BCUT2D eigenvalue weighted by molar-refractivity contribution is 4.87. The monoisotopic (exact) mass is 114 g/mol. The number of nitrogens with zero attached hydrogens (tertiary/aromatic N) is 1. The Kier molecular flexibility index (Phi) is 2.30. The molecule has 1 aliphatic rings. The molecule has 8 heavy (non-hydrogen) atoms. The van der Waals surface area contributed by atoms with Crippen molar-refractivity contribution in [3.8, 4) is 0 Å². The molecule has 0 aromatic rings. The molecule has 2 heteroatoms. The van der Waals surface area contributed by atoms with Gasteiger partial charge < -0.3 is 10.1 Å². The van der Waals surface area contributed by atoms with Crippen molar-refractivity contribution >= 4 is 0 Å². The lowest BCUT2D eigenvalue weighted by Crippen LogP contribution is -2.20. The van der Waals surface area contributed by atoms with Crippen LogP contribution in [0.1, 0.15) is 12.8 Å². The normalized spacial score (nSPS) is 30.4. The van der Waals surface area contributed by atoms with Gasteiger partial charge in [-0.15, -0.1) is 6.04 Å². The van der Waals surface area contributed by atoms with Crippen molar-refractivity contribution in [3.05, 3.63) is 5.32 Å². The number of ether oxygens (including phenoxy) is 1. The summed E-state index contributed by atoms with van der Waals surface area (Å²) >= 11 is 0. The van der Waals surface area contributed by atoms with E-state index in [2.05, 4.69) is 5.32 Å². The first-order valence-electron chi connectivity index (χ1n) is 3.10. The Morgan fingerprint density at radius 3 is 2.88 bits per heavy atom. The van der Waals surface area contributed by atoms with Gasteiger partial charge >= 0.3 is 0 Å². The first-order chi connectivity index (χ1) is 3.93. The Morgan fingerprint density at radius 1 is 1.62 bits per heavy atom. The molecule has 1 aliphatic heterocycles. The van der Waals surface area contributed by atoms with E-state index in [1.165, 1.54) is 12.8 Å². The quantitative estimate of drug-likeness (QED) is 0.502. The van der Waals surface area contributed by atoms with Crippen molar-refractivity contribution in [2.45, 2.75) is 18.9 Å². The van der Waals surface area contributed by atoms with Crippen LogP contribution in [0.4, 0.5) is 0 Å². The molecule has 1 unspecified atom stereocenters. The second kappa shape index (κ2) is 3.05. The van der Waals surface area contributed by atoms with Gasteiger partial charge in [0.05, 0.1) is 0 Å². The lowest BCUT2D eigenvalue weighted by Gasteiger charge is -2.31. The molecular formula is C6H12NO-. The third kappa shape index (κ3) is 1.46. The molecule has 0 aromatic heterocycles. The molecule has 0 aliphatic carbocycles. The van der Waals surface area contributed by atoms with Crippen molar-refractivity contribution in [2.24, 2.45) is 0 Å². The predicted octanol–water partition coefficient (Wildman–Crippen LogP) is 1.17. The average Bonchev–Trinajstić information content (AvgIpc) is 1.90. The van der Waals surface area contributed by atoms with Crippen LogP contribution in [-0.4, -0.2) is 26.3 Å². The molecule has 1 heterocycles. The van der Waals surface area contributed by atoms with E-state index < -0.39 is 0 Å². The lowest BCUT2D eigenvalue weighted by molar-refractivity contribution is 0.0898. The van der Waals surface area contributed by atoms with Gasteiger partial charge in [0.1, 0.15) is 0 Å². The number of hydrogen-bond acceptors (Lipinski definition) is 1. The minimum atomic E-state index is 0.490. The van der Waals surface area contributed by atoms with Crippen molar-refractivity contribution in [3.63, 3.8) is 0 Å². The summed E-state index contributed by atoms with van der Waals surface area (Å²) in [4.78, 5) is 0. The van der Waals surface area contributed by atoms with Crippen LogP contribution in [0.25, 0.3) is 5.32 Å². The molecule has 1 rings (SSSR count). The van der Waals surface area contributed by atoms with E-state index in [9.17, 15) is 0 Å². The van der Waals surface area contributed by atoms with Crippen LogP contribution < -0.4 is 0 Å². The van der Waals surface area contributed by atoms with Gasteiger partial charge in [-0.25, -0.2) is 0 Å². The second-order valence-electron chi connectivity index (χ2n) is 2.13. The lowest BCUT2D eigenvalue weighted by atomic mass is 10.1. The summed E-state index contributed by atoms with van der Waals surface area (Å²) in [5.74, 6) is 0. The molecule has 1 fully saturated rings. The van der Waals surface area contributed by atoms with E-state index in [-0.39, 0.29) is 0 Å². The Labute approximate surface area is 50.2 Å². The number of rotatable bonds is 1. The van der Waals surface area contributed by atoms with Gasteiger partial charge in [-0.05, 0) is 6.42 Å². The fourth-order valence-electron chi connectivity index (χ4n) is 0.927. The first kappa shape index (κ1) is 6.05. The van der Waals surface area contributed by atoms with E-state index in [1.807, 2.05) is 7.05 Å². The van der Waals surface area contributed by atoms with Crippen molar-refractivity contribution < 1.29 is 4.74 Å². The maximum atomic E-state index is 5.18. The fourth-order valence-corrected chi connectivity index (χ4v) is 0.927. The Bertz CT molecular complexity index is 59.5. The van der Waals surface area contributed by atoms with Crippen LogP contribution in [0.3, 0.4) is 0 Å². The molecule has 0 radical (unpaired) electrons. The number of hydrogen-bond donors (Lipinski definition) is 0. The molecule has 0 amide bonds. The van der Waals surface area contributed by atoms with E-state index in [0.29, 0.717) is 6.04 Å². The highest BCUT2D eigenvalue weighted by atomic mass is 16.5. The molecule has 0 bridgehead atoms. The smallest absolute Gasteiger partial charge is 0.0464 e.